The summed E-state index contributed by atoms with van der Waals surface area (Å²) in [6.07, 6.45) is 5.92. The van der Waals surface area contributed by atoms with Crippen molar-refractivity contribution < 1.29 is 4.52 Å². The second-order valence-electron chi connectivity index (χ2n) is 5.36. The van der Waals surface area contributed by atoms with Crippen molar-refractivity contribution in [1.82, 2.24) is 15.5 Å². The van der Waals surface area contributed by atoms with Crippen LogP contribution in [0.1, 0.15) is 43.3 Å². The van der Waals surface area contributed by atoms with E-state index >= 15 is 0 Å². The second-order valence-corrected chi connectivity index (χ2v) is 6.51. The fourth-order valence-corrected chi connectivity index (χ4v) is 3.97. The predicted octanol–water partition coefficient (Wildman–Crippen LogP) is 2.22. The van der Waals surface area contributed by atoms with Gasteiger partial charge in [0.1, 0.15) is 0 Å². The van der Waals surface area contributed by atoms with Crippen molar-refractivity contribution in [2.24, 2.45) is 5.92 Å². The number of hydrogen-bond acceptors (Lipinski definition) is 5. The van der Waals surface area contributed by atoms with Crippen LogP contribution >= 0.6 is 11.8 Å². The minimum atomic E-state index is 0.480. The van der Waals surface area contributed by atoms with Crippen LogP contribution in [0.15, 0.2) is 4.52 Å². The molecule has 0 amide bonds. The lowest BCUT2D eigenvalue weighted by molar-refractivity contribution is 0.317. The molecule has 0 spiro atoms. The summed E-state index contributed by atoms with van der Waals surface area (Å²) in [5.41, 5.74) is 0. The van der Waals surface area contributed by atoms with E-state index in [1.807, 2.05) is 0 Å². The zero-order valence-electron chi connectivity index (χ0n) is 10.7. The molecule has 4 nitrogen and oxygen atoms in total. The molecular formula is C13H21N3OS. The van der Waals surface area contributed by atoms with Crippen LogP contribution in [0.25, 0.3) is 0 Å². The molecule has 2 aliphatic rings. The van der Waals surface area contributed by atoms with Crippen molar-refractivity contribution in [3.63, 3.8) is 0 Å². The number of hydrogen-bond donors (Lipinski definition) is 1. The van der Waals surface area contributed by atoms with E-state index in [0.29, 0.717) is 5.92 Å². The van der Waals surface area contributed by atoms with Crippen LogP contribution in [0, 0.1) is 5.92 Å². The average Bonchev–Trinajstić information content (AvgIpc) is 2.89. The fraction of sp³-hybridized carbons (Fsp3) is 0.846. The first-order valence-corrected chi connectivity index (χ1v) is 8.18. The lowest BCUT2D eigenvalue weighted by Crippen LogP contribution is -2.26. The van der Waals surface area contributed by atoms with E-state index < -0.39 is 0 Å². The molecular weight excluding hydrogens is 246 g/mol. The Labute approximate surface area is 112 Å². The smallest absolute Gasteiger partial charge is 0.229 e. The van der Waals surface area contributed by atoms with E-state index in [-0.39, 0.29) is 0 Å². The summed E-state index contributed by atoms with van der Waals surface area (Å²) in [5, 5.41) is 7.53. The Kier molecular flexibility index (Phi) is 4.20. The molecule has 1 atom stereocenters. The Morgan fingerprint density at radius 1 is 1.28 bits per heavy atom. The molecule has 2 fully saturated rings. The third kappa shape index (κ3) is 3.06. The number of rotatable bonds is 3. The van der Waals surface area contributed by atoms with Crippen LogP contribution in [0.3, 0.4) is 0 Å². The van der Waals surface area contributed by atoms with Gasteiger partial charge >= 0.3 is 0 Å². The summed E-state index contributed by atoms with van der Waals surface area (Å²) in [5.74, 6) is 5.61. The van der Waals surface area contributed by atoms with Gasteiger partial charge in [-0.15, -0.1) is 0 Å². The summed E-state index contributed by atoms with van der Waals surface area (Å²) < 4.78 is 5.45. The lowest BCUT2D eigenvalue weighted by Gasteiger charge is -2.19. The van der Waals surface area contributed by atoms with E-state index in [1.54, 1.807) is 0 Å². The Morgan fingerprint density at radius 2 is 2.17 bits per heavy atom. The number of nitrogens with zero attached hydrogens (tertiary/aromatic N) is 2. The van der Waals surface area contributed by atoms with Crippen LogP contribution in [0.4, 0.5) is 0 Å². The summed E-state index contributed by atoms with van der Waals surface area (Å²) >= 11 is 2.06. The van der Waals surface area contributed by atoms with E-state index in [4.69, 9.17) is 4.52 Å². The van der Waals surface area contributed by atoms with Crippen LogP contribution in [-0.2, 0) is 6.42 Å². The molecule has 100 valence electrons. The van der Waals surface area contributed by atoms with Crippen LogP contribution < -0.4 is 5.32 Å². The maximum atomic E-state index is 5.45. The van der Waals surface area contributed by atoms with E-state index in [9.17, 15) is 0 Å². The highest BCUT2D eigenvalue weighted by Gasteiger charge is 2.23. The number of thioether (sulfide) groups is 1. The van der Waals surface area contributed by atoms with E-state index in [2.05, 4.69) is 27.2 Å². The van der Waals surface area contributed by atoms with Crippen LogP contribution in [0.2, 0.25) is 0 Å². The van der Waals surface area contributed by atoms with Crippen molar-refractivity contribution in [1.29, 1.82) is 0 Å². The SMILES string of the molecule is C1CSCC(Cc2noc(C3CCNCC3)n2)C1. The molecule has 18 heavy (non-hydrogen) atoms. The van der Waals surface area contributed by atoms with E-state index in [0.717, 1.165) is 50.0 Å². The van der Waals surface area contributed by atoms with Gasteiger partial charge in [0.2, 0.25) is 5.89 Å². The molecule has 3 heterocycles. The number of piperidine rings is 1. The molecule has 1 aromatic rings. The first kappa shape index (κ1) is 12.5. The minimum Gasteiger partial charge on any atom is -0.339 e. The minimum absolute atomic E-state index is 0.480. The van der Waals surface area contributed by atoms with Crippen molar-refractivity contribution in [3.8, 4) is 0 Å². The normalized spacial score (nSPS) is 26.3. The molecule has 1 unspecified atom stereocenters. The van der Waals surface area contributed by atoms with E-state index in [1.165, 1.54) is 24.3 Å². The van der Waals surface area contributed by atoms with Gasteiger partial charge in [-0.2, -0.15) is 16.7 Å². The molecule has 5 heteroatoms. The highest BCUT2D eigenvalue weighted by atomic mass is 32.2. The van der Waals surface area contributed by atoms with Crippen LogP contribution in [-0.4, -0.2) is 34.7 Å². The Hall–Kier alpha value is -0.550. The maximum absolute atomic E-state index is 5.45. The van der Waals surface area contributed by atoms with Gasteiger partial charge in [0.05, 0.1) is 0 Å². The Balaban J connectivity index is 1.58. The zero-order valence-corrected chi connectivity index (χ0v) is 11.5. The maximum Gasteiger partial charge on any atom is 0.229 e. The van der Waals surface area contributed by atoms with Gasteiger partial charge in [-0.1, -0.05) is 5.16 Å². The molecule has 2 saturated heterocycles. The van der Waals surface area contributed by atoms with Gasteiger partial charge in [-0.05, 0) is 56.2 Å². The van der Waals surface area contributed by atoms with Crippen molar-refractivity contribution in [3.05, 3.63) is 11.7 Å². The Bertz CT molecular complexity index is 370. The quantitative estimate of drug-likeness (QED) is 0.910. The molecule has 2 aliphatic heterocycles. The molecule has 0 aromatic carbocycles. The summed E-state index contributed by atoms with van der Waals surface area (Å²) in [6.45, 7) is 2.14. The van der Waals surface area contributed by atoms with Gasteiger partial charge < -0.3 is 9.84 Å². The molecule has 0 bridgehead atoms. The summed E-state index contributed by atoms with van der Waals surface area (Å²) in [4.78, 5) is 4.61. The van der Waals surface area contributed by atoms with Crippen molar-refractivity contribution >= 4 is 11.8 Å². The van der Waals surface area contributed by atoms with Crippen LogP contribution in [0.5, 0.6) is 0 Å². The molecule has 3 rings (SSSR count). The number of nitrogens with one attached hydrogen (secondary N) is 1. The topological polar surface area (TPSA) is 51.0 Å². The summed E-state index contributed by atoms with van der Waals surface area (Å²) in [6, 6.07) is 0. The van der Waals surface area contributed by atoms with Gasteiger partial charge in [0.15, 0.2) is 5.82 Å². The zero-order chi connectivity index (χ0) is 12.2. The first-order chi connectivity index (χ1) is 8.92. The van der Waals surface area contributed by atoms with Gasteiger partial charge in [-0.3, -0.25) is 0 Å². The molecule has 0 aliphatic carbocycles. The lowest BCUT2D eigenvalue weighted by atomic mass is 9.98. The third-order valence-electron chi connectivity index (χ3n) is 3.90. The average molecular weight is 267 g/mol. The molecule has 0 radical (unpaired) electrons. The third-order valence-corrected chi connectivity index (χ3v) is 5.18. The largest absolute Gasteiger partial charge is 0.339 e. The second kappa shape index (κ2) is 6.06. The monoisotopic (exact) mass is 267 g/mol. The van der Waals surface area contributed by atoms with Crippen molar-refractivity contribution in [2.45, 2.75) is 38.0 Å². The van der Waals surface area contributed by atoms with Crippen molar-refractivity contribution in [2.75, 3.05) is 24.6 Å². The van der Waals surface area contributed by atoms with Gasteiger partial charge in [0.25, 0.3) is 0 Å². The molecule has 0 saturated carbocycles. The first-order valence-electron chi connectivity index (χ1n) is 7.03. The predicted molar refractivity (Wildman–Crippen MR) is 72.9 cm³/mol. The number of aromatic nitrogens is 2. The molecule has 1 aromatic heterocycles. The Morgan fingerprint density at radius 3 is 2.94 bits per heavy atom. The fourth-order valence-electron chi connectivity index (χ4n) is 2.81. The highest BCUT2D eigenvalue weighted by Crippen LogP contribution is 2.27. The van der Waals surface area contributed by atoms with Gasteiger partial charge in [0, 0.05) is 12.3 Å². The van der Waals surface area contributed by atoms with Gasteiger partial charge in [-0.25, -0.2) is 0 Å². The summed E-state index contributed by atoms with van der Waals surface area (Å²) in [7, 11) is 0. The molecule has 1 N–H and O–H groups in total. The highest BCUT2D eigenvalue weighted by molar-refractivity contribution is 7.99. The standard InChI is InChI=1S/C13H21N3OS/c1-2-10(9-18-7-1)8-12-15-13(17-16-12)11-3-5-14-6-4-11/h10-11,14H,1-9H2.